The molecule has 0 radical (unpaired) electrons. The number of aliphatic hydroxyl groups is 3. The van der Waals surface area contributed by atoms with Crippen LogP contribution in [0.15, 0.2) is 0 Å². The molecule has 7 N–H and O–H groups in total. The van der Waals surface area contributed by atoms with Crippen molar-refractivity contribution in [3.05, 3.63) is 0 Å². The van der Waals surface area contributed by atoms with Crippen molar-refractivity contribution >= 4 is 0 Å². The minimum Gasteiger partial charge on any atom is -0.388 e. The fraction of sp³-hybridized carbons (Fsp3) is 1.00. The molecule has 0 aromatic rings. The van der Waals surface area contributed by atoms with E-state index in [1.807, 2.05) is 0 Å². The van der Waals surface area contributed by atoms with Crippen LogP contribution in [-0.4, -0.2) is 52.5 Å². The third-order valence-electron chi connectivity index (χ3n) is 2.01. The van der Waals surface area contributed by atoms with Gasteiger partial charge in [0.25, 0.3) is 0 Å². The smallest absolute Gasteiger partial charge is 0.183 e. The fourth-order valence-electron chi connectivity index (χ4n) is 1.18. The topological polar surface area (TPSA) is 122 Å². The first-order valence-electron chi connectivity index (χ1n) is 3.73. The molecular formula is C6H14N2O4. The average Bonchev–Trinajstić information content (AvgIpc) is 2.08. The van der Waals surface area contributed by atoms with Crippen LogP contribution < -0.4 is 11.5 Å². The maximum Gasteiger partial charge on any atom is 0.183 e. The molecule has 0 bridgehead atoms. The van der Waals surface area contributed by atoms with Crippen molar-refractivity contribution in [3.8, 4) is 0 Å². The molecule has 0 spiro atoms. The molecule has 5 atom stereocenters. The summed E-state index contributed by atoms with van der Waals surface area (Å²) < 4.78 is 4.83. The summed E-state index contributed by atoms with van der Waals surface area (Å²) in [6.45, 7) is 0.0992. The zero-order chi connectivity index (χ0) is 9.30. The first-order valence-corrected chi connectivity index (χ1v) is 3.73. The van der Waals surface area contributed by atoms with E-state index in [1.54, 1.807) is 0 Å². The van der Waals surface area contributed by atoms with Gasteiger partial charge >= 0.3 is 0 Å². The lowest BCUT2D eigenvalue weighted by Gasteiger charge is -2.38. The Kier molecular flexibility index (Phi) is 2.99. The zero-order valence-corrected chi connectivity index (χ0v) is 6.50. The van der Waals surface area contributed by atoms with Gasteiger partial charge in [0, 0.05) is 6.54 Å². The number of hydrogen-bond donors (Lipinski definition) is 5. The first kappa shape index (κ1) is 9.85. The number of aliphatic hydroxyl groups excluding tert-OH is 3. The van der Waals surface area contributed by atoms with E-state index in [0.717, 1.165) is 0 Å². The fourth-order valence-corrected chi connectivity index (χ4v) is 1.18. The summed E-state index contributed by atoms with van der Waals surface area (Å²) in [7, 11) is 0. The van der Waals surface area contributed by atoms with E-state index in [9.17, 15) is 5.11 Å². The molecule has 6 nitrogen and oxygen atoms in total. The van der Waals surface area contributed by atoms with Crippen LogP contribution in [0.3, 0.4) is 0 Å². The molecule has 12 heavy (non-hydrogen) atoms. The molecule has 6 heteroatoms. The van der Waals surface area contributed by atoms with E-state index >= 15 is 0 Å². The number of rotatable bonds is 1. The maximum atomic E-state index is 9.25. The summed E-state index contributed by atoms with van der Waals surface area (Å²) in [5.41, 5.74) is 10.7. The molecule has 0 aliphatic carbocycles. The molecule has 1 aliphatic rings. The number of ether oxygens (including phenoxy) is 1. The SMILES string of the molecule is NCC1OC(O)C(O)C(O)C1N. The lowest BCUT2D eigenvalue weighted by molar-refractivity contribution is -0.251. The Morgan fingerprint density at radius 3 is 2.25 bits per heavy atom. The van der Waals surface area contributed by atoms with Crippen molar-refractivity contribution in [3.63, 3.8) is 0 Å². The summed E-state index contributed by atoms with van der Waals surface area (Å²) in [6.07, 6.45) is -4.57. The zero-order valence-electron chi connectivity index (χ0n) is 6.50. The van der Waals surface area contributed by atoms with Crippen LogP contribution in [0, 0.1) is 0 Å². The van der Waals surface area contributed by atoms with Gasteiger partial charge in [-0.25, -0.2) is 0 Å². The summed E-state index contributed by atoms with van der Waals surface area (Å²) in [4.78, 5) is 0. The van der Waals surface area contributed by atoms with Gasteiger partial charge in [-0.05, 0) is 0 Å². The van der Waals surface area contributed by atoms with Crippen LogP contribution >= 0.6 is 0 Å². The standard InChI is InChI=1S/C6H14N2O4/c7-1-2-3(8)4(9)5(10)6(11)12-2/h2-6,9-11H,1,7-8H2. The highest BCUT2D eigenvalue weighted by atomic mass is 16.6. The molecular weight excluding hydrogens is 164 g/mol. The Bertz CT molecular complexity index is 152. The van der Waals surface area contributed by atoms with Crippen molar-refractivity contribution in [2.24, 2.45) is 11.5 Å². The predicted octanol–water partition coefficient (Wildman–Crippen LogP) is -3.29. The summed E-state index contributed by atoms with van der Waals surface area (Å²) in [5, 5.41) is 27.4. The first-order chi connectivity index (χ1) is 5.57. The van der Waals surface area contributed by atoms with E-state index < -0.39 is 30.6 Å². The normalized spacial score (nSPS) is 49.2. The molecule has 0 aromatic heterocycles. The van der Waals surface area contributed by atoms with Crippen LogP contribution in [0.5, 0.6) is 0 Å². The molecule has 1 fully saturated rings. The molecule has 0 amide bonds. The van der Waals surface area contributed by atoms with Gasteiger partial charge in [0.05, 0.1) is 12.1 Å². The molecule has 1 aliphatic heterocycles. The van der Waals surface area contributed by atoms with Crippen LogP contribution in [0.2, 0.25) is 0 Å². The van der Waals surface area contributed by atoms with Gasteiger partial charge in [-0.15, -0.1) is 0 Å². The largest absolute Gasteiger partial charge is 0.388 e. The lowest BCUT2D eigenvalue weighted by atomic mass is 9.97. The van der Waals surface area contributed by atoms with Crippen molar-refractivity contribution in [1.82, 2.24) is 0 Å². The number of hydrogen-bond acceptors (Lipinski definition) is 6. The van der Waals surface area contributed by atoms with Gasteiger partial charge in [0.2, 0.25) is 0 Å². The van der Waals surface area contributed by atoms with Gasteiger partial charge in [0.1, 0.15) is 12.2 Å². The van der Waals surface area contributed by atoms with Gasteiger partial charge in [0.15, 0.2) is 6.29 Å². The van der Waals surface area contributed by atoms with E-state index in [1.165, 1.54) is 0 Å². The molecule has 72 valence electrons. The molecule has 1 saturated heterocycles. The molecule has 1 rings (SSSR count). The lowest BCUT2D eigenvalue weighted by Crippen LogP contribution is -2.62. The molecule has 0 aromatic carbocycles. The van der Waals surface area contributed by atoms with Crippen LogP contribution in [0.4, 0.5) is 0 Å². The van der Waals surface area contributed by atoms with Crippen molar-refractivity contribution in [2.75, 3.05) is 6.54 Å². The molecule has 1 heterocycles. The minimum atomic E-state index is -1.41. The van der Waals surface area contributed by atoms with Gasteiger partial charge in [-0.3, -0.25) is 0 Å². The third kappa shape index (κ3) is 1.58. The van der Waals surface area contributed by atoms with Gasteiger partial charge in [-0.2, -0.15) is 0 Å². The molecule has 0 saturated carbocycles. The Hall–Kier alpha value is -0.240. The Labute approximate surface area is 69.7 Å². The Morgan fingerprint density at radius 2 is 1.75 bits per heavy atom. The van der Waals surface area contributed by atoms with E-state index in [-0.39, 0.29) is 6.54 Å². The van der Waals surface area contributed by atoms with E-state index in [2.05, 4.69) is 0 Å². The van der Waals surface area contributed by atoms with Crippen LogP contribution in [-0.2, 0) is 4.74 Å². The Morgan fingerprint density at radius 1 is 1.17 bits per heavy atom. The van der Waals surface area contributed by atoms with Crippen LogP contribution in [0.1, 0.15) is 0 Å². The van der Waals surface area contributed by atoms with Crippen molar-refractivity contribution in [2.45, 2.75) is 30.6 Å². The highest BCUT2D eigenvalue weighted by Crippen LogP contribution is 2.17. The third-order valence-corrected chi connectivity index (χ3v) is 2.01. The van der Waals surface area contributed by atoms with Gasteiger partial charge in [-0.1, -0.05) is 0 Å². The highest BCUT2D eigenvalue weighted by Gasteiger charge is 2.41. The highest BCUT2D eigenvalue weighted by molar-refractivity contribution is 4.91. The van der Waals surface area contributed by atoms with E-state index in [4.69, 9.17) is 26.4 Å². The molecule has 5 unspecified atom stereocenters. The van der Waals surface area contributed by atoms with Crippen molar-refractivity contribution in [1.29, 1.82) is 0 Å². The number of nitrogens with two attached hydrogens (primary N) is 2. The summed E-state index contributed by atoms with van der Waals surface area (Å²) in [6, 6.07) is -0.756. The average molecular weight is 178 g/mol. The second-order valence-corrected chi connectivity index (χ2v) is 2.86. The quantitative estimate of drug-likeness (QED) is 0.287. The van der Waals surface area contributed by atoms with E-state index in [0.29, 0.717) is 0 Å². The monoisotopic (exact) mass is 178 g/mol. The van der Waals surface area contributed by atoms with Crippen molar-refractivity contribution < 1.29 is 20.1 Å². The van der Waals surface area contributed by atoms with Crippen LogP contribution in [0.25, 0.3) is 0 Å². The maximum absolute atomic E-state index is 9.25. The summed E-state index contributed by atoms with van der Waals surface area (Å²) >= 11 is 0. The summed E-state index contributed by atoms with van der Waals surface area (Å²) in [5.74, 6) is 0. The van der Waals surface area contributed by atoms with Gasteiger partial charge < -0.3 is 31.5 Å². The second-order valence-electron chi connectivity index (χ2n) is 2.86. The Balaban J connectivity index is 2.63. The minimum absolute atomic E-state index is 0.0992. The second kappa shape index (κ2) is 3.65. The predicted molar refractivity (Wildman–Crippen MR) is 39.9 cm³/mol.